The minimum absolute atomic E-state index is 0.113. The Balaban J connectivity index is 1.19. The fourth-order valence-corrected chi connectivity index (χ4v) is 7.32. The third-order valence-electron chi connectivity index (χ3n) is 7.73. The fourth-order valence-electron chi connectivity index (χ4n) is 5.84. The number of sulfonamides is 1. The number of nitrogens with zero attached hydrogens (tertiary/aromatic N) is 3. The smallest absolute Gasteiger partial charge is 0.243 e. The second-order valence-electron chi connectivity index (χ2n) is 9.65. The quantitative estimate of drug-likeness (QED) is 0.686. The fraction of sp³-hybridized carbons (Fsp3) is 0.708. The first kappa shape index (κ1) is 22.3. The lowest BCUT2D eigenvalue weighted by atomic mass is 9.90. The van der Waals surface area contributed by atoms with Gasteiger partial charge in [0.15, 0.2) is 0 Å². The summed E-state index contributed by atoms with van der Waals surface area (Å²) in [7, 11) is -3.52. The third-order valence-corrected chi connectivity index (χ3v) is 9.63. The van der Waals surface area contributed by atoms with Crippen LogP contribution >= 0.6 is 0 Å². The number of carbonyl (C=O) groups excluding carboxylic acids is 1. The van der Waals surface area contributed by atoms with Crippen LogP contribution in [0.5, 0.6) is 0 Å². The first-order valence-electron chi connectivity index (χ1n) is 12.3. The van der Waals surface area contributed by atoms with Gasteiger partial charge in [0.2, 0.25) is 15.9 Å². The van der Waals surface area contributed by atoms with Crippen molar-refractivity contribution in [2.24, 2.45) is 0 Å². The molecule has 3 fully saturated rings. The van der Waals surface area contributed by atoms with Crippen molar-refractivity contribution in [2.45, 2.75) is 68.4 Å². The molecule has 0 aromatic heterocycles. The van der Waals surface area contributed by atoms with Crippen molar-refractivity contribution < 1.29 is 17.9 Å². The molecule has 2 atom stereocenters. The average molecular weight is 462 g/mol. The number of rotatable bonds is 4. The molecule has 5 rings (SSSR count). The molecule has 0 bridgehead atoms. The molecule has 8 heteroatoms. The van der Waals surface area contributed by atoms with Gasteiger partial charge in [0.1, 0.15) is 0 Å². The molecular formula is C24H35N3O4S. The molecule has 176 valence electrons. The highest BCUT2D eigenvalue weighted by Crippen LogP contribution is 2.29. The van der Waals surface area contributed by atoms with E-state index in [1.807, 2.05) is 17.0 Å². The SMILES string of the molecule is O=C(CN1CCOC2CCCCC21)N1CCN(S(=O)(=O)c2ccc3c(c2)CCCC3)CC1. The minimum atomic E-state index is -3.52. The summed E-state index contributed by atoms with van der Waals surface area (Å²) in [5, 5.41) is 0. The summed E-state index contributed by atoms with van der Waals surface area (Å²) in [5.41, 5.74) is 2.46. The van der Waals surface area contributed by atoms with E-state index >= 15 is 0 Å². The van der Waals surface area contributed by atoms with E-state index in [0.717, 1.165) is 38.6 Å². The van der Waals surface area contributed by atoms with Crippen LogP contribution in [0.1, 0.15) is 49.7 Å². The molecule has 2 unspecified atom stereocenters. The molecule has 2 heterocycles. The van der Waals surface area contributed by atoms with E-state index < -0.39 is 10.0 Å². The van der Waals surface area contributed by atoms with E-state index in [1.54, 1.807) is 10.4 Å². The largest absolute Gasteiger partial charge is 0.375 e. The van der Waals surface area contributed by atoms with Crippen molar-refractivity contribution in [3.63, 3.8) is 0 Å². The molecule has 2 saturated heterocycles. The van der Waals surface area contributed by atoms with Gasteiger partial charge < -0.3 is 9.64 Å². The Morgan fingerprint density at radius 2 is 1.69 bits per heavy atom. The van der Waals surface area contributed by atoms with Gasteiger partial charge in [0.05, 0.1) is 24.2 Å². The van der Waals surface area contributed by atoms with Crippen molar-refractivity contribution in [2.75, 3.05) is 45.9 Å². The van der Waals surface area contributed by atoms with E-state index in [9.17, 15) is 13.2 Å². The molecule has 0 radical (unpaired) electrons. The lowest BCUT2D eigenvalue weighted by Gasteiger charge is -2.44. The van der Waals surface area contributed by atoms with Crippen molar-refractivity contribution in [3.05, 3.63) is 29.3 Å². The van der Waals surface area contributed by atoms with Gasteiger partial charge in [-0.1, -0.05) is 18.9 Å². The van der Waals surface area contributed by atoms with Gasteiger partial charge in [-0.25, -0.2) is 8.42 Å². The zero-order valence-electron chi connectivity index (χ0n) is 18.9. The summed E-state index contributed by atoms with van der Waals surface area (Å²) in [6, 6.07) is 5.98. The van der Waals surface area contributed by atoms with Gasteiger partial charge in [0.25, 0.3) is 0 Å². The predicted molar refractivity (Wildman–Crippen MR) is 122 cm³/mol. The molecule has 1 aromatic rings. The van der Waals surface area contributed by atoms with Gasteiger partial charge >= 0.3 is 0 Å². The number of amides is 1. The first-order chi connectivity index (χ1) is 15.5. The molecule has 1 amide bonds. The first-order valence-corrected chi connectivity index (χ1v) is 13.7. The summed E-state index contributed by atoms with van der Waals surface area (Å²) < 4.78 is 33.9. The van der Waals surface area contributed by atoms with Gasteiger partial charge in [0, 0.05) is 38.8 Å². The van der Waals surface area contributed by atoms with Crippen LogP contribution in [-0.4, -0.2) is 86.5 Å². The summed E-state index contributed by atoms with van der Waals surface area (Å²) >= 11 is 0. The number of morpholine rings is 1. The number of ether oxygens (including phenoxy) is 1. The molecule has 1 saturated carbocycles. The van der Waals surface area contributed by atoms with E-state index in [-0.39, 0.29) is 12.0 Å². The van der Waals surface area contributed by atoms with E-state index in [1.165, 1.54) is 30.4 Å². The minimum Gasteiger partial charge on any atom is -0.375 e. The van der Waals surface area contributed by atoms with Crippen LogP contribution in [0, 0.1) is 0 Å². The third kappa shape index (κ3) is 4.47. The Hall–Kier alpha value is -1.48. The number of carbonyl (C=O) groups is 1. The zero-order chi connectivity index (χ0) is 22.1. The topological polar surface area (TPSA) is 70.2 Å². The Kier molecular flexibility index (Phi) is 6.56. The van der Waals surface area contributed by atoms with Crippen molar-refractivity contribution >= 4 is 15.9 Å². The molecule has 0 spiro atoms. The number of benzene rings is 1. The number of hydrogen-bond donors (Lipinski definition) is 0. The number of piperazine rings is 1. The van der Waals surface area contributed by atoms with Gasteiger partial charge in [-0.3, -0.25) is 9.69 Å². The van der Waals surface area contributed by atoms with E-state index in [0.29, 0.717) is 50.3 Å². The summed E-state index contributed by atoms with van der Waals surface area (Å²) in [4.78, 5) is 17.5. The zero-order valence-corrected chi connectivity index (χ0v) is 19.7. The summed E-state index contributed by atoms with van der Waals surface area (Å²) in [5.74, 6) is 0.113. The average Bonchev–Trinajstić information content (AvgIpc) is 2.84. The van der Waals surface area contributed by atoms with Crippen LogP contribution in [0.2, 0.25) is 0 Å². The summed E-state index contributed by atoms with van der Waals surface area (Å²) in [6.07, 6.45) is 9.19. The highest BCUT2D eigenvalue weighted by molar-refractivity contribution is 7.89. The Bertz CT molecular complexity index is 941. The highest BCUT2D eigenvalue weighted by atomic mass is 32.2. The highest BCUT2D eigenvalue weighted by Gasteiger charge is 2.36. The molecule has 1 aromatic carbocycles. The molecular weight excluding hydrogens is 426 g/mol. The molecule has 32 heavy (non-hydrogen) atoms. The molecule has 0 N–H and O–H groups in total. The van der Waals surface area contributed by atoms with Crippen molar-refractivity contribution in [3.8, 4) is 0 Å². The van der Waals surface area contributed by atoms with Gasteiger partial charge in [-0.05, 0) is 61.8 Å². The molecule has 2 aliphatic carbocycles. The maximum absolute atomic E-state index is 13.2. The standard InChI is InChI=1S/C24H35N3O4S/c28-24(18-26-15-16-31-23-8-4-3-7-22(23)26)25-11-13-27(14-12-25)32(29,30)21-10-9-19-5-1-2-6-20(19)17-21/h9-10,17,22-23H,1-8,11-16,18H2. The van der Waals surface area contributed by atoms with Gasteiger partial charge in [-0.2, -0.15) is 4.31 Å². The lowest BCUT2D eigenvalue weighted by molar-refractivity contribution is -0.140. The van der Waals surface area contributed by atoms with E-state index in [4.69, 9.17) is 4.74 Å². The normalized spacial score (nSPS) is 27.6. The van der Waals surface area contributed by atoms with Crippen LogP contribution in [0.25, 0.3) is 0 Å². The second kappa shape index (κ2) is 9.41. The second-order valence-corrected chi connectivity index (χ2v) is 11.6. The van der Waals surface area contributed by atoms with Crippen molar-refractivity contribution in [1.29, 1.82) is 0 Å². The number of fused-ring (bicyclic) bond motifs is 2. The molecule has 2 aliphatic heterocycles. The predicted octanol–water partition coefficient (Wildman–Crippen LogP) is 2.04. The molecule has 4 aliphatic rings. The maximum atomic E-state index is 13.2. The monoisotopic (exact) mass is 461 g/mol. The van der Waals surface area contributed by atoms with Crippen LogP contribution in [-0.2, 0) is 32.4 Å². The Labute approximate surface area is 191 Å². The maximum Gasteiger partial charge on any atom is 0.243 e. The van der Waals surface area contributed by atoms with Crippen LogP contribution in [0.15, 0.2) is 23.1 Å². The van der Waals surface area contributed by atoms with Gasteiger partial charge in [-0.15, -0.1) is 0 Å². The van der Waals surface area contributed by atoms with Crippen LogP contribution < -0.4 is 0 Å². The molecule has 7 nitrogen and oxygen atoms in total. The Morgan fingerprint density at radius 1 is 0.938 bits per heavy atom. The number of hydrogen-bond acceptors (Lipinski definition) is 5. The summed E-state index contributed by atoms with van der Waals surface area (Å²) in [6.45, 7) is 3.56. The number of aryl methyl sites for hydroxylation is 2. The van der Waals surface area contributed by atoms with E-state index in [2.05, 4.69) is 4.90 Å². The van der Waals surface area contributed by atoms with Crippen molar-refractivity contribution in [1.82, 2.24) is 14.1 Å². The van der Waals surface area contributed by atoms with Crippen LogP contribution in [0.4, 0.5) is 0 Å². The van der Waals surface area contributed by atoms with Crippen LogP contribution in [0.3, 0.4) is 0 Å². The lowest BCUT2D eigenvalue weighted by Crippen LogP contribution is -2.57. The Morgan fingerprint density at radius 3 is 2.50 bits per heavy atom.